The molecule has 4 aromatic rings. The van der Waals surface area contributed by atoms with Crippen LogP contribution in [0.2, 0.25) is 0 Å². The number of carbonyl (C=O) groups is 1. The smallest absolute Gasteiger partial charge is 0.233 e. The van der Waals surface area contributed by atoms with Crippen molar-refractivity contribution in [3.05, 3.63) is 66.2 Å². The molecule has 1 heterocycles. The quantitative estimate of drug-likeness (QED) is 0.346. The highest BCUT2D eigenvalue weighted by atomic mass is 32.1. The van der Waals surface area contributed by atoms with E-state index in [1.54, 1.807) is 18.4 Å². The Balaban J connectivity index is 1.66. The SMILES string of the molecule is CCN(CC)CCN(C(=O)Cc1cccc2ccccc12)c1nc2cc(OC)ccc2s1. The summed E-state index contributed by atoms with van der Waals surface area (Å²) < 4.78 is 6.39. The lowest BCUT2D eigenvalue weighted by atomic mass is 10.0. The maximum Gasteiger partial charge on any atom is 0.233 e. The van der Waals surface area contributed by atoms with Gasteiger partial charge in [-0.1, -0.05) is 67.6 Å². The van der Waals surface area contributed by atoms with Gasteiger partial charge in [0.05, 0.1) is 23.7 Å². The third-order valence-electron chi connectivity index (χ3n) is 5.87. The van der Waals surface area contributed by atoms with Crippen LogP contribution in [0.5, 0.6) is 5.75 Å². The third-order valence-corrected chi connectivity index (χ3v) is 6.93. The average Bonchev–Trinajstić information content (AvgIpc) is 3.24. The van der Waals surface area contributed by atoms with Crippen molar-refractivity contribution in [2.24, 2.45) is 0 Å². The minimum atomic E-state index is 0.0690. The van der Waals surface area contributed by atoms with Crippen molar-refractivity contribution in [3.8, 4) is 5.75 Å². The van der Waals surface area contributed by atoms with E-state index in [1.165, 1.54) is 0 Å². The first-order chi connectivity index (χ1) is 15.6. The summed E-state index contributed by atoms with van der Waals surface area (Å²) in [7, 11) is 1.65. The summed E-state index contributed by atoms with van der Waals surface area (Å²) in [5.74, 6) is 0.839. The molecule has 0 aliphatic carbocycles. The standard InChI is InChI=1S/C26H29N3O2S/c1-4-28(5-2)15-16-29(26-27-23-18-21(31-3)13-14-24(23)32-26)25(30)17-20-11-8-10-19-9-6-7-12-22(19)20/h6-14,18H,4-5,15-17H2,1-3H3. The molecule has 1 amide bonds. The summed E-state index contributed by atoms with van der Waals surface area (Å²) in [5, 5.41) is 3.02. The Kier molecular flexibility index (Phi) is 7.02. The molecule has 32 heavy (non-hydrogen) atoms. The molecule has 5 nitrogen and oxygen atoms in total. The van der Waals surface area contributed by atoms with Gasteiger partial charge in [-0.15, -0.1) is 0 Å². The first-order valence-electron chi connectivity index (χ1n) is 11.1. The molecule has 0 aliphatic rings. The Bertz CT molecular complexity index is 1210. The van der Waals surface area contributed by atoms with E-state index < -0.39 is 0 Å². The zero-order chi connectivity index (χ0) is 22.5. The number of nitrogens with zero attached hydrogens (tertiary/aromatic N) is 3. The second-order valence-electron chi connectivity index (χ2n) is 7.72. The number of rotatable bonds is 9. The highest BCUT2D eigenvalue weighted by molar-refractivity contribution is 7.22. The van der Waals surface area contributed by atoms with Crippen LogP contribution in [0.4, 0.5) is 5.13 Å². The van der Waals surface area contributed by atoms with Crippen molar-refractivity contribution in [3.63, 3.8) is 0 Å². The fourth-order valence-corrected chi connectivity index (χ4v) is 4.94. The maximum atomic E-state index is 13.6. The molecule has 0 bridgehead atoms. The fraction of sp³-hybridized carbons (Fsp3) is 0.308. The van der Waals surface area contributed by atoms with Gasteiger partial charge in [-0.2, -0.15) is 0 Å². The van der Waals surface area contributed by atoms with E-state index in [0.29, 0.717) is 13.0 Å². The van der Waals surface area contributed by atoms with Crippen LogP contribution >= 0.6 is 11.3 Å². The monoisotopic (exact) mass is 447 g/mol. The number of likely N-dealkylation sites (N-methyl/N-ethyl adjacent to an activating group) is 1. The number of hydrogen-bond donors (Lipinski definition) is 0. The molecular formula is C26H29N3O2S. The summed E-state index contributed by atoms with van der Waals surface area (Å²) in [6, 6.07) is 20.2. The molecule has 6 heteroatoms. The highest BCUT2D eigenvalue weighted by Gasteiger charge is 2.21. The van der Waals surface area contributed by atoms with Crippen molar-refractivity contribution >= 4 is 43.4 Å². The summed E-state index contributed by atoms with van der Waals surface area (Å²) in [5.41, 5.74) is 1.90. The van der Waals surface area contributed by atoms with Crippen LogP contribution in [0.3, 0.4) is 0 Å². The Hall–Kier alpha value is -2.96. The summed E-state index contributed by atoms with van der Waals surface area (Å²) in [4.78, 5) is 22.6. The second kappa shape index (κ2) is 10.1. The van der Waals surface area contributed by atoms with Crippen LogP contribution in [-0.4, -0.2) is 49.1 Å². The second-order valence-corrected chi connectivity index (χ2v) is 8.73. The van der Waals surface area contributed by atoms with Crippen molar-refractivity contribution < 1.29 is 9.53 Å². The predicted octanol–water partition coefficient (Wildman–Crippen LogP) is 5.38. The molecule has 1 aromatic heterocycles. The average molecular weight is 448 g/mol. The number of ether oxygens (including phenoxy) is 1. The van der Waals surface area contributed by atoms with Gasteiger partial charge in [-0.05, 0) is 41.6 Å². The van der Waals surface area contributed by atoms with E-state index in [4.69, 9.17) is 9.72 Å². The van der Waals surface area contributed by atoms with E-state index in [1.807, 2.05) is 47.4 Å². The molecule has 0 fully saturated rings. The molecule has 0 radical (unpaired) electrons. The van der Waals surface area contributed by atoms with Gasteiger partial charge >= 0.3 is 0 Å². The van der Waals surface area contributed by atoms with Gasteiger partial charge in [0.15, 0.2) is 5.13 Å². The summed E-state index contributed by atoms with van der Waals surface area (Å²) in [6.45, 7) is 7.64. The fourth-order valence-electron chi connectivity index (χ4n) is 3.95. The molecule has 0 N–H and O–H groups in total. The number of thiazole rings is 1. The Morgan fingerprint density at radius 2 is 1.78 bits per heavy atom. The zero-order valence-corrected chi connectivity index (χ0v) is 19.7. The molecule has 0 spiro atoms. The number of aromatic nitrogens is 1. The number of anilines is 1. The number of carbonyl (C=O) groups excluding carboxylic acids is 1. The van der Waals surface area contributed by atoms with Crippen LogP contribution < -0.4 is 9.64 Å². The van der Waals surface area contributed by atoms with Crippen LogP contribution in [0.25, 0.3) is 21.0 Å². The third kappa shape index (κ3) is 4.76. The van der Waals surface area contributed by atoms with Crippen LogP contribution in [0.15, 0.2) is 60.7 Å². The van der Waals surface area contributed by atoms with Crippen LogP contribution in [0.1, 0.15) is 19.4 Å². The molecule has 166 valence electrons. The number of amides is 1. The van der Waals surface area contributed by atoms with Crippen molar-refractivity contribution in [2.45, 2.75) is 20.3 Å². The number of benzene rings is 3. The topological polar surface area (TPSA) is 45.7 Å². The van der Waals surface area contributed by atoms with Gasteiger partial charge in [0.2, 0.25) is 5.91 Å². The van der Waals surface area contributed by atoms with Gasteiger partial charge < -0.3 is 9.64 Å². The molecule has 4 rings (SSSR count). The maximum absolute atomic E-state index is 13.6. The van der Waals surface area contributed by atoms with Gasteiger partial charge in [-0.25, -0.2) is 4.98 Å². The molecule has 0 atom stereocenters. The van der Waals surface area contributed by atoms with Gasteiger partial charge in [0.25, 0.3) is 0 Å². The lowest BCUT2D eigenvalue weighted by Crippen LogP contribution is -2.39. The van der Waals surface area contributed by atoms with Crippen LogP contribution in [0, 0.1) is 0 Å². The van der Waals surface area contributed by atoms with Crippen molar-refractivity contribution in [1.29, 1.82) is 0 Å². The van der Waals surface area contributed by atoms with E-state index in [9.17, 15) is 4.79 Å². The molecular weight excluding hydrogens is 418 g/mol. The normalized spacial score (nSPS) is 11.4. The largest absolute Gasteiger partial charge is 0.497 e. The minimum Gasteiger partial charge on any atom is -0.497 e. The number of hydrogen-bond acceptors (Lipinski definition) is 5. The molecule has 0 unspecified atom stereocenters. The first-order valence-corrected chi connectivity index (χ1v) is 11.9. The Morgan fingerprint density at radius 3 is 2.56 bits per heavy atom. The first kappa shape index (κ1) is 22.2. The predicted molar refractivity (Wildman–Crippen MR) is 134 cm³/mol. The van der Waals surface area contributed by atoms with Crippen molar-refractivity contribution in [2.75, 3.05) is 38.2 Å². The zero-order valence-electron chi connectivity index (χ0n) is 18.9. The number of methoxy groups -OCH3 is 1. The molecule has 0 saturated carbocycles. The van der Waals surface area contributed by atoms with Gasteiger partial charge in [0.1, 0.15) is 5.75 Å². The summed E-state index contributed by atoms with van der Waals surface area (Å²) in [6.07, 6.45) is 0.346. The Morgan fingerprint density at radius 1 is 1.00 bits per heavy atom. The molecule has 0 saturated heterocycles. The summed E-state index contributed by atoms with van der Waals surface area (Å²) >= 11 is 1.55. The number of fused-ring (bicyclic) bond motifs is 2. The molecule has 3 aromatic carbocycles. The highest BCUT2D eigenvalue weighted by Crippen LogP contribution is 2.32. The lowest BCUT2D eigenvalue weighted by Gasteiger charge is -2.25. The van der Waals surface area contributed by atoms with E-state index in [-0.39, 0.29) is 5.91 Å². The van der Waals surface area contributed by atoms with Crippen LogP contribution in [-0.2, 0) is 11.2 Å². The van der Waals surface area contributed by atoms with E-state index >= 15 is 0 Å². The van der Waals surface area contributed by atoms with Gasteiger partial charge in [-0.3, -0.25) is 9.69 Å². The minimum absolute atomic E-state index is 0.0690. The Labute approximate surface area is 193 Å². The van der Waals surface area contributed by atoms with E-state index in [0.717, 1.165) is 57.1 Å². The molecule has 0 aliphatic heterocycles. The van der Waals surface area contributed by atoms with E-state index in [2.05, 4.69) is 36.9 Å². The van der Waals surface area contributed by atoms with Gasteiger partial charge in [0, 0.05) is 19.2 Å². The van der Waals surface area contributed by atoms with Crippen molar-refractivity contribution in [1.82, 2.24) is 9.88 Å². The lowest BCUT2D eigenvalue weighted by molar-refractivity contribution is -0.118.